The number of halogens is 2. The van der Waals surface area contributed by atoms with E-state index in [1.807, 2.05) is 30.0 Å². The molecule has 47 heavy (non-hydrogen) atoms. The zero-order valence-corrected chi connectivity index (χ0v) is 27.3. The van der Waals surface area contributed by atoms with E-state index in [0.717, 1.165) is 48.1 Å². The highest BCUT2D eigenvalue weighted by atomic mass is 32.1. The van der Waals surface area contributed by atoms with Crippen LogP contribution in [0.1, 0.15) is 39.5 Å². The highest BCUT2D eigenvalue weighted by Gasteiger charge is 2.49. The summed E-state index contributed by atoms with van der Waals surface area (Å²) in [7, 11) is 0. The number of benzene rings is 2. The van der Waals surface area contributed by atoms with Crippen molar-refractivity contribution < 1.29 is 18.3 Å². The molecule has 1 amide bonds. The normalized spacial score (nSPS) is 24.1. The molecule has 2 N–H and O–H groups in total. The largest absolute Gasteiger partial charge is 0.461 e. The second kappa shape index (κ2) is 12.0. The number of hydrogen-bond donors (Lipinski definition) is 1. The summed E-state index contributed by atoms with van der Waals surface area (Å²) in [5.74, 6) is 0.163. The van der Waals surface area contributed by atoms with E-state index in [1.165, 1.54) is 12.1 Å². The lowest BCUT2D eigenvalue weighted by atomic mass is 9.95. The molecule has 0 spiro atoms. The molecule has 0 bridgehead atoms. The smallest absolute Gasteiger partial charge is 0.319 e. The standard InChI is InChI=1S/C35H37F2N7O2S/c1-5-28(45)44-15-12-27(20(44)3)43(6-2)33-24-9-8-21(23-10-11-25(37)31-29(23)30(39-4)32(38)47-31)16-26(24)40-34(41-33)46-19-35-13-7-14-42(35)18-22(36)17-35/h5,8-11,16,20,22,27H,1,6-7,12-15,17-19,38H2,2-3H3. The fraction of sp³-hybridized carbons (Fsp3) is 0.429. The van der Waals surface area contributed by atoms with Crippen LogP contribution in [0.25, 0.3) is 37.0 Å². The predicted octanol–water partition coefficient (Wildman–Crippen LogP) is 6.74. The predicted molar refractivity (Wildman–Crippen MR) is 182 cm³/mol. The molecule has 3 aliphatic heterocycles. The molecule has 4 unspecified atom stereocenters. The van der Waals surface area contributed by atoms with Gasteiger partial charge in [-0.25, -0.2) is 13.6 Å². The molecular weight excluding hydrogens is 620 g/mol. The zero-order valence-electron chi connectivity index (χ0n) is 26.5. The van der Waals surface area contributed by atoms with Gasteiger partial charge in [0.05, 0.1) is 33.4 Å². The highest BCUT2D eigenvalue weighted by molar-refractivity contribution is 7.23. The van der Waals surface area contributed by atoms with E-state index >= 15 is 0 Å². The van der Waals surface area contributed by atoms with Crippen molar-refractivity contribution in [1.29, 1.82) is 0 Å². The molecular formula is C35H37F2N7O2S. The third kappa shape index (κ3) is 5.16. The van der Waals surface area contributed by atoms with Crippen molar-refractivity contribution in [3.63, 3.8) is 0 Å². The summed E-state index contributed by atoms with van der Waals surface area (Å²) in [6.07, 6.45) is 3.52. The molecule has 0 saturated carbocycles. The molecule has 5 heterocycles. The minimum atomic E-state index is -0.880. The molecule has 2 aromatic heterocycles. The van der Waals surface area contributed by atoms with Crippen molar-refractivity contribution in [2.75, 3.05) is 43.4 Å². The molecule has 0 radical (unpaired) electrons. The van der Waals surface area contributed by atoms with Gasteiger partial charge in [0.25, 0.3) is 0 Å². The molecule has 4 aromatic rings. The number of hydrogen-bond acceptors (Lipinski definition) is 8. The number of nitrogen functional groups attached to an aromatic ring is 1. The number of nitrogens with zero attached hydrogens (tertiary/aromatic N) is 6. The average molecular weight is 658 g/mol. The number of alkyl halides is 1. The first kappa shape index (κ1) is 31.3. The first-order valence-corrected chi connectivity index (χ1v) is 16.9. The number of amides is 1. The van der Waals surface area contributed by atoms with Gasteiger partial charge >= 0.3 is 6.01 Å². The number of ether oxygens (including phenoxy) is 1. The monoisotopic (exact) mass is 657 g/mol. The summed E-state index contributed by atoms with van der Waals surface area (Å²) < 4.78 is 36.1. The lowest BCUT2D eigenvalue weighted by Gasteiger charge is -2.34. The fourth-order valence-corrected chi connectivity index (χ4v) is 8.96. The average Bonchev–Trinajstić information content (AvgIpc) is 3.81. The van der Waals surface area contributed by atoms with E-state index in [0.29, 0.717) is 53.0 Å². The van der Waals surface area contributed by atoms with Crippen LogP contribution in [0.15, 0.2) is 43.0 Å². The van der Waals surface area contributed by atoms with Crippen molar-refractivity contribution in [1.82, 2.24) is 19.8 Å². The summed E-state index contributed by atoms with van der Waals surface area (Å²) in [5, 5.41) is 1.55. The molecule has 4 atom stereocenters. The Morgan fingerprint density at radius 1 is 1.32 bits per heavy atom. The Balaban J connectivity index is 1.34. The number of fused-ring (bicyclic) bond motifs is 3. The molecule has 7 rings (SSSR count). The zero-order chi connectivity index (χ0) is 33.0. The van der Waals surface area contributed by atoms with Gasteiger partial charge in [-0.05, 0) is 75.1 Å². The summed E-state index contributed by atoms with van der Waals surface area (Å²) in [5.41, 5.74) is 8.05. The van der Waals surface area contributed by atoms with Crippen molar-refractivity contribution in [3.8, 4) is 17.1 Å². The Labute approximate surface area is 276 Å². The first-order valence-electron chi connectivity index (χ1n) is 16.1. The number of anilines is 2. The van der Waals surface area contributed by atoms with Gasteiger partial charge in [0.15, 0.2) is 0 Å². The molecule has 3 fully saturated rings. The van der Waals surface area contributed by atoms with Gasteiger partial charge < -0.3 is 20.3 Å². The number of thiophene rings is 1. The quantitative estimate of drug-likeness (QED) is 0.166. The number of carbonyl (C=O) groups excluding carboxylic acids is 1. The Morgan fingerprint density at radius 2 is 2.15 bits per heavy atom. The van der Waals surface area contributed by atoms with Gasteiger partial charge in [-0.3, -0.25) is 9.69 Å². The van der Waals surface area contributed by atoms with Crippen molar-refractivity contribution in [2.45, 2.75) is 63.3 Å². The summed E-state index contributed by atoms with van der Waals surface area (Å²) in [4.78, 5) is 32.3. The van der Waals surface area contributed by atoms with Gasteiger partial charge in [-0.15, -0.1) is 11.3 Å². The SMILES string of the molecule is [C-]#[N+]c1c(N)sc2c(F)ccc(-c3ccc4c(N(CC)C5CCN(C(=O)C=C)C5C)nc(OCC56CCCN5CC(F)C6)nc4c3)c12. The van der Waals surface area contributed by atoms with Crippen molar-refractivity contribution in [2.24, 2.45) is 0 Å². The third-order valence-electron chi connectivity index (χ3n) is 10.3. The lowest BCUT2D eigenvalue weighted by Crippen LogP contribution is -2.45. The Morgan fingerprint density at radius 3 is 2.91 bits per heavy atom. The topological polar surface area (TPSA) is 92.2 Å². The molecule has 3 saturated heterocycles. The van der Waals surface area contributed by atoms with Gasteiger partial charge in [-0.2, -0.15) is 9.97 Å². The molecule has 2 aromatic carbocycles. The number of likely N-dealkylation sites (N-methyl/N-ethyl adjacent to an activating group) is 1. The van der Waals surface area contributed by atoms with Crippen LogP contribution < -0.4 is 15.4 Å². The number of nitrogens with two attached hydrogens (primary N) is 1. The second-order valence-electron chi connectivity index (χ2n) is 12.8. The van der Waals surface area contributed by atoms with Crippen molar-refractivity contribution >= 4 is 54.7 Å². The maximum absolute atomic E-state index is 14.9. The fourth-order valence-electron chi connectivity index (χ4n) is 8.03. The first-order chi connectivity index (χ1) is 22.7. The van der Waals surface area contributed by atoms with E-state index in [-0.39, 0.29) is 46.8 Å². The Bertz CT molecular complexity index is 1940. The molecule has 0 aliphatic carbocycles. The van der Waals surface area contributed by atoms with Crippen LogP contribution in [0.2, 0.25) is 0 Å². The van der Waals surface area contributed by atoms with E-state index < -0.39 is 12.0 Å². The minimum absolute atomic E-state index is 0.00713. The number of likely N-dealkylation sites (tertiary alicyclic amines) is 1. The molecule has 244 valence electrons. The summed E-state index contributed by atoms with van der Waals surface area (Å²) in [6, 6.07) is 8.97. The lowest BCUT2D eigenvalue weighted by molar-refractivity contribution is -0.126. The number of carbonyl (C=O) groups is 1. The molecule has 9 nitrogen and oxygen atoms in total. The van der Waals surface area contributed by atoms with Crippen LogP contribution in [-0.4, -0.2) is 82.3 Å². The molecule has 3 aliphatic rings. The highest BCUT2D eigenvalue weighted by Crippen LogP contribution is 2.47. The summed E-state index contributed by atoms with van der Waals surface area (Å²) >= 11 is 1.07. The maximum atomic E-state index is 14.9. The minimum Gasteiger partial charge on any atom is -0.461 e. The van der Waals surface area contributed by atoms with Crippen molar-refractivity contribution in [3.05, 3.63) is 60.2 Å². The number of rotatable bonds is 8. The maximum Gasteiger partial charge on any atom is 0.319 e. The van der Waals surface area contributed by atoms with Gasteiger partial charge in [-0.1, -0.05) is 18.7 Å². The van der Waals surface area contributed by atoms with Gasteiger partial charge in [0.2, 0.25) is 11.6 Å². The van der Waals surface area contributed by atoms with E-state index in [1.54, 1.807) is 6.07 Å². The van der Waals surface area contributed by atoms with Crippen LogP contribution in [0.3, 0.4) is 0 Å². The Kier molecular flexibility index (Phi) is 8.00. The van der Waals surface area contributed by atoms with Crippen LogP contribution in [0, 0.1) is 12.4 Å². The van der Waals surface area contributed by atoms with Crippen LogP contribution >= 0.6 is 11.3 Å². The van der Waals surface area contributed by atoms with Crippen LogP contribution in [-0.2, 0) is 4.79 Å². The van der Waals surface area contributed by atoms with Crippen LogP contribution in [0.5, 0.6) is 6.01 Å². The van der Waals surface area contributed by atoms with Crippen LogP contribution in [0.4, 0.5) is 25.3 Å². The van der Waals surface area contributed by atoms with Gasteiger partial charge in [0, 0.05) is 42.9 Å². The van der Waals surface area contributed by atoms with E-state index in [2.05, 4.69) is 28.1 Å². The van der Waals surface area contributed by atoms with Gasteiger partial charge in [0.1, 0.15) is 24.4 Å². The molecule has 12 heteroatoms. The van der Waals surface area contributed by atoms with E-state index in [9.17, 15) is 13.6 Å². The number of aromatic nitrogens is 2. The Hall–Kier alpha value is -4.34. The third-order valence-corrected chi connectivity index (χ3v) is 11.3. The van der Waals surface area contributed by atoms with E-state index in [4.69, 9.17) is 27.0 Å². The summed E-state index contributed by atoms with van der Waals surface area (Å²) in [6.45, 7) is 18.3. The second-order valence-corrected chi connectivity index (χ2v) is 13.8.